The maximum atomic E-state index is 2.19. The van der Waals surface area contributed by atoms with Gasteiger partial charge in [-0.25, -0.2) is 0 Å². The van der Waals surface area contributed by atoms with Crippen molar-refractivity contribution >= 4 is 14.0 Å². The summed E-state index contributed by atoms with van der Waals surface area (Å²) in [4.78, 5) is 0. The van der Waals surface area contributed by atoms with Crippen LogP contribution in [0.3, 0.4) is 0 Å². The molecule has 0 spiro atoms. The zero-order chi connectivity index (χ0) is 15.6. The van der Waals surface area contributed by atoms with E-state index in [4.69, 9.17) is 0 Å². The van der Waals surface area contributed by atoms with Crippen LogP contribution in [0.25, 0.3) is 11.1 Å². The van der Waals surface area contributed by atoms with Gasteiger partial charge in [0.25, 0.3) is 0 Å². The second kappa shape index (κ2) is 9.15. The normalized spacial score (nSPS) is 10.5. The Morgan fingerprint density at radius 3 is 1.27 bits per heavy atom. The highest BCUT2D eigenvalue weighted by Gasteiger charge is 1.92. The predicted molar refractivity (Wildman–Crippen MR) is 100.0 cm³/mol. The van der Waals surface area contributed by atoms with Crippen molar-refractivity contribution in [1.82, 2.24) is 4.67 Å². The average Bonchev–Trinajstić information content (AvgIpc) is 2.57. The van der Waals surface area contributed by atoms with E-state index in [1.54, 1.807) is 0 Å². The zero-order valence-electron chi connectivity index (χ0n) is 13.1. The highest BCUT2D eigenvalue weighted by molar-refractivity contribution is 7.44. The maximum absolute atomic E-state index is 2.19. The van der Waals surface area contributed by atoms with Crippen LogP contribution >= 0.6 is 8.73 Å². The molecule has 0 aliphatic carbocycles. The minimum absolute atomic E-state index is 0.794. The zero-order valence-corrected chi connectivity index (χ0v) is 14.1. The Morgan fingerprint density at radius 1 is 0.545 bits per heavy atom. The van der Waals surface area contributed by atoms with Crippen LogP contribution in [0.2, 0.25) is 0 Å². The van der Waals surface area contributed by atoms with Crippen molar-refractivity contribution in [3.63, 3.8) is 0 Å². The second-order valence-corrected chi connectivity index (χ2v) is 6.80. The first-order valence-corrected chi connectivity index (χ1v) is 8.30. The number of rotatable bonds is 3. The van der Waals surface area contributed by atoms with Crippen molar-refractivity contribution in [2.45, 2.75) is 0 Å². The molecule has 0 saturated carbocycles. The molecular formula is C20H22NP. The van der Waals surface area contributed by atoms with Crippen LogP contribution in [0.1, 0.15) is 0 Å². The van der Waals surface area contributed by atoms with E-state index in [0.29, 0.717) is 0 Å². The molecule has 3 rings (SSSR count). The fourth-order valence-corrected chi connectivity index (χ4v) is 2.89. The Hall–Kier alpha value is -1.95. The van der Waals surface area contributed by atoms with Gasteiger partial charge in [-0.3, -0.25) is 4.67 Å². The number of nitrogens with zero attached hydrogens (tertiary/aromatic N) is 1. The van der Waals surface area contributed by atoms with Gasteiger partial charge in [0.15, 0.2) is 0 Å². The highest BCUT2D eigenvalue weighted by atomic mass is 31.1. The van der Waals surface area contributed by atoms with Crippen LogP contribution in [0.5, 0.6) is 0 Å². The van der Waals surface area contributed by atoms with E-state index in [9.17, 15) is 0 Å². The number of benzene rings is 3. The molecule has 1 unspecified atom stereocenters. The van der Waals surface area contributed by atoms with E-state index < -0.39 is 0 Å². The number of hydrogen-bond donors (Lipinski definition) is 0. The largest absolute Gasteiger partial charge is 0.287 e. The Labute approximate surface area is 135 Å². The molecule has 0 fully saturated rings. The van der Waals surface area contributed by atoms with Crippen molar-refractivity contribution in [3.8, 4) is 11.1 Å². The van der Waals surface area contributed by atoms with Crippen LogP contribution in [0, 0.1) is 0 Å². The topological polar surface area (TPSA) is 3.24 Å². The first-order chi connectivity index (χ1) is 10.8. The third-order valence-electron chi connectivity index (χ3n) is 3.01. The third-order valence-corrected chi connectivity index (χ3v) is 4.05. The van der Waals surface area contributed by atoms with E-state index in [0.717, 1.165) is 8.73 Å². The predicted octanol–water partition coefficient (Wildman–Crippen LogP) is 4.82. The molecule has 1 nitrogen and oxygen atoms in total. The molecule has 0 heterocycles. The van der Waals surface area contributed by atoms with E-state index in [1.807, 2.05) is 18.2 Å². The fraction of sp³-hybridized carbons (Fsp3) is 0.100. The second-order valence-electron chi connectivity index (χ2n) is 5.10. The maximum Gasteiger partial charge on any atom is -0.00966 e. The first-order valence-electron chi connectivity index (χ1n) is 7.35. The molecule has 0 aliphatic rings. The summed E-state index contributed by atoms with van der Waals surface area (Å²) in [5.74, 6) is 0. The molecule has 1 atom stereocenters. The molecule has 0 bridgehead atoms. The van der Waals surface area contributed by atoms with Crippen molar-refractivity contribution in [2.75, 3.05) is 14.1 Å². The van der Waals surface area contributed by atoms with Gasteiger partial charge in [0.05, 0.1) is 0 Å². The van der Waals surface area contributed by atoms with Crippen LogP contribution in [0.15, 0.2) is 91.0 Å². The molecule has 0 aromatic heterocycles. The molecule has 0 aliphatic heterocycles. The standard InChI is InChI=1S/C12H10.C8H12NP/c1-3-7-11(8-4-1)12-9-5-2-6-10-12;1-9(2)10-8-6-4-3-5-7-8/h1-10H;3-7,10H,1-2H3. The summed E-state index contributed by atoms with van der Waals surface area (Å²) in [6, 6.07) is 31.3. The molecule has 3 aromatic carbocycles. The van der Waals surface area contributed by atoms with E-state index in [-0.39, 0.29) is 0 Å². The first kappa shape index (κ1) is 16.4. The van der Waals surface area contributed by atoms with Crippen molar-refractivity contribution in [1.29, 1.82) is 0 Å². The summed E-state index contributed by atoms with van der Waals surface area (Å²) < 4.78 is 2.19. The summed E-state index contributed by atoms with van der Waals surface area (Å²) in [5.41, 5.74) is 2.55. The summed E-state index contributed by atoms with van der Waals surface area (Å²) in [7, 11) is 4.97. The van der Waals surface area contributed by atoms with Gasteiger partial charge in [-0.15, -0.1) is 0 Å². The van der Waals surface area contributed by atoms with Crippen molar-refractivity contribution < 1.29 is 0 Å². The van der Waals surface area contributed by atoms with Crippen LogP contribution in [0.4, 0.5) is 0 Å². The van der Waals surface area contributed by atoms with E-state index in [2.05, 4.69) is 91.6 Å². The molecule has 0 N–H and O–H groups in total. The molecular weight excluding hydrogens is 285 g/mol. The summed E-state index contributed by atoms with van der Waals surface area (Å²) >= 11 is 0. The van der Waals surface area contributed by atoms with Gasteiger partial charge in [-0.05, 0) is 39.3 Å². The lowest BCUT2D eigenvalue weighted by atomic mass is 10.1. The molecule has 112 valence electrons. The Balaban J connectivity index is 0.000000164. The molecule has 0 saturated heterocycles. The minimum Gasteiger partial charge on any atom is -0.287 e. The van der Waals surface area contributed by atoms with Crippen LogP contribution in [-0.2, 0) is 0 Å². The van der Waals surface area contributed by atoms with Crippen molar-refractivity contribution in [3.05, 3.63) is 91.0 Å². The summed E-state index contributed by atoms with van der Waals surface area (Å²) in [5, 5.41) is 1.40. The molecule has 2 heteroatoms. The SMILES string of the molecule is CN(C)Pc1ccccc1.c1ccc(-c2ccccc2)cc1. The lowest BCUT2D eigenvalue weighted by molar-refractivity contribution is 0.697. The molecule has 3 aromatic rings. The quantitative estimate of drug-likeness (QED) is 0.627. The lowest BCUT2D eigenvalue weighted by Gasteiger charge is -2.07. The Morgan fingerprint density at radius 2 is 0.909 bits per heavy atom. The molecule has 0 radical (unpaired) electrons. The summed E-state index contributed by atoms with van der Waals surface area (Å²) in [6.07, 6.45) is 0. The smallest absolute Gasteiger partial charge is 0.00966 e. The monoisotopic (exact) mass is 307 g/mol. The average molecular weight is 307 g/mol. The lowest BCUT2D eigenvalue weighted by Crippen LogP contribution is -2.04. The van der Waals surface area contributed by atoms with Crippen LogP contribution in [-0.4, -0.2) is 18.8 Å². The van der Waals surface area contributed by atoms with E-state index >= 15 is 0 Å². The van der Waals surface area contributed by atoms with Gasteiger partial charge in [0.2, 0.25) is 0 Å². The van der Waals surface area contributed by atoms with E-state index in [1.165, 1.54) is 16.4 Å². The van der Waals surface area contributed by atoms with Gasteiger partial charge in [-0.1, -0.05) is 91.0 Å². The highest BCUT2D eigenvalue weighted by Crippen LogP contribution is 2.17. The van der Waals surface area contributed by atoms with Gasteiger partial charge in [-0.2, -0.15) is 0 Å². The van der Waals surface area contributed by atoms with Gasteiger partial charge >= 0.3 is 0 Å². The van der Waals surface area contributed by atoms with Gasteiger partial charge in [0, 0.05) is 0 Å². The number of hydrogen-bond acceptors (Lipinski definition) is 1. The molecule has 0 amide bonds. The van der Waals surface area contributed by atoms with Crippen molar-refractivity contribution in [2.24, 2.45) is 0 Å². The third kappa shape index (κ3) is 5.81. The van der Waals surface area contributed by atoms with Gasteiger partial charge in [0.1, 0.15) is 0 Å². The van der Waals surface area contributed by atoms with Gasteiger partial charge < -0.3 is 0 Å². The summed E-state index contributed by atoms with van der Waals surface area (Å²) in [6.45, 7) is 0. The fourth-order valence-electron chi connectivity index (χ4n) is 2.03. The Kier molecular flexibility index (Phi) is 6.83. The van der Waals surface area contributed by atoms with Crippen LogP contribution < -0.4 is 5.30 Å². The Bertz CT molecular complexity index is 599. The minimum atomic E-state index is 0.794. The molecule has 22 heavy (non-hydrogen) atoms.